The van der Waals surface area contributed by atoms with Crippen LogP contribution in [0.2, 0.25) is 0 Å². The minimum atomic E-state index is -0.321. The molecule has 1 amide bonds. The second-order valence-corrected chi connectivity index (χ2v) is 7.36. The summed E-state index contributed by atoms with van der Waals surface area (Å²) in [6.07, 6.45) is -0.0207. The maximum Gasteiger partial charge on any atom is 0.287 e. The Labute approximate surface area is 164 Å². The van der Waals surface area contributed by atoms with E-state index >= 15 is 0 Å². The van der Waals surface area contributed by atoms with Crippen LogP contribution in [0.4, 0.5) is 4.39 Å². The predicted octanol–water partition coefficient (Wildman–Crippen LogP) is 3.08. The summed E-state index contributed by atoms with van der Waals surface area (Å²) in [5, 5.41) is 2.87. The molecule has 2 heterocycles. The number of morpholine rings is 1. The first kappa shape index (κ1) is 20.4. The summed E-state index contributed by atoms with van der Waals surface area (Å²) < 4.78 is 29.7. The van der Waals surface area contributed by atoms with Gasteiger partial charge < -0.3 is 19.2 Å². The van der Waals surface area contributed by atoms with Crippen molar-refractivity contribution in [2.24, 2.45) is 5.92 Å². The van der Waals surface area contributed by atoms with Gasteiger partial charge >= 0.3 is 0 Å². The second kappa shape index (κ2) is 9.71. The van der Waals surface area contributed by atoms with E-state index in [1.807, 2.05) is 0 Å². The second-order valence-electron chi connectivity index (χ2n) is 7.36. The molecule has 1 N–H and O–H groups in total. The molecule has 0 radical (unpaired) electrons. The Balaban J connectivity index is 1.44. The number of amides is 1. The molecule has 6 nitrogen and oxygen atoms in total. The summed E-state index contributed by atoms with van der Waals surface area (Å²) >= 11 is 0. The van der Waals surface area contributed by atoms with Gasteiger partial charge in [0.2, 0.25) is 0 Å². The van der Waals surface area contributed by atoms with E-state index in [4.69, 9.17) is 13.9 Å². The van der Waals surface area contributed by atoms with Crippen LogP contribution in [-0.2, 0) is 11.3 Å². The average Bonchev–Trinajstić information content (AvgIpc) is 3.15. The molecular weight excluding hydrogens is 363 g/mol. The van der Waals surface area contributed by atoms with Crippen LogP contribution in [0.15, 0.2) is 40.8 Å². The molecule has 1 aromatic carbocycles. The number of nitrogens with one attached hydrogen (secondary N) is 1. The summed E-state index contributed by atoms with van der Waals surface area (Å²) in [6, 6.07) is 9.04. The highest BCUT2D eigenvalue weighted by atomic mass is 19.1. The van der Waals surface area contributed by atoms with Crippen LogP contribution in [-0.4, -0.2) is 49.7 Å². The number of furan rings is 1. The third kappa shape index (κ3) is 6.07. The van der Waals surface area contributed by atoms with Gasteiger partial charge in [0.05, 0.1) is 12.7 Å². The lowest BCUT2D eigenvalue weighted by atomic mass is 10.2. The van der Waals surface area contributed by atoms with Gasteiger partial charge in [-0.1, -0.05) is 13.8 Å². The van der Waals surface area contributed by atoms with E-state index in [2.05, 4.69) is 24.1 Å². The molecule has 1 aliphatic heterocycles. The highest BCUT2D eigenvalue weighted by molar-refractivity contribution is 5.91. The standard InChI is InChI=1S/C21H27FN2O4/c1-15(2)12-24-9-10-26-19(13-24)11-23-21(25)20-8-7-18(28-20)14-27-17-5-3-16(22)4-6-17/h3-8,15,19H,9-14H2,1-2H3,(H,23,25). The van der Waals surface area contributed by atoms with Gasteiger partial charge in [-0.15, -0.1) is 0 Å². The lowest BCUT2D eigenvalue weighted by Gasteiger charge is -2.33. The third-order valence-corrected chi connectivity index (χ3v) is 4.42. The van der Waals surface area contributed by atoms with E-state index in [0.29, 0.717) is 30.6 Å². The molecule has 1 fully saturated rings. The molecule has 0 aliphatic carbocycles. The van der Waals surface area contributed by atoms with Gasteiger partial charge in [-0.3, -0.25) is 9.69 Å². The summed E-state index contributed by atoms with van der Waals surface area (Å²) in [4.78, 5) is 14.7. The lowest BCUT2D eigenvalue weighted by molar-refractivity contribution is -0.0296. The van der Waals surface area contributed by atoms with Gasteiger partial charge in [0.15, 0.2) is 5.76 Å². The Bertz CT molecular complexity index is 760. The van der Waals surface area contributed by atoms with Gasteiger partial charge in [-0.05, 0) is 42.3 Å². The molecule has 1 aliphatic rings. The Morgan fingerprint density at radius 1 is 1.29 bits per heavy atom. The molecule has 0 saturated carbocycles. The van der Waals surface area contributed by atoms with Crippen molar-refractivity contribution >= 4 is 5.91 Å². The number of ether oxygens (including phenoxy) is 2. The first-order valence-corrected chi connectivity index (χ1v) is 9.59. The smallest absolute Gasteiger partial charge is 0.287 e. The zero-order valence-electron chi connectivity index (χ0n) is 16.3. The zero-order chi connectivity index (χ0) is 19.9. The Hall–Kier alpha value is -2.38. The number of halogens is 1. The van der Waals surface area contributed by atoms with E-state index in [1.54, 1.807) is 24.3 Å². The van der Waals surface area contributed by atoms with Crippen LogP contribution in [0, 0.1) is 11.7 Å². The number of carbonyl (C=O) groups excluding carboxylic acids is 1. The van der Waals surface area contributed by atoms with Crippen molar-refractivity contribution in [2.75, 3.05) is 32.8 Å². The van der Waals surface area contributed by atoms with Crippen molar-refractivity contribution in [1.82, 2.24) is 10.2 Å². The van der Waals surface area contributed by atoms with Gasteiger partial charge in [0.1, 0.15) is 23.9 Å². The third-order valence-electron chi connectivity index (χ3n) is 4.42. The number of rotatable bonds is 8. The minimum Gasteiger partial charge on any atom is -0.486 e. The highest BCUT2D eigenvalue weighted by Gasteiger charge is 2.22. The first-order chi connectivity index (χ1) is 13.5. The summed E-state index contributed by atoms with van der Waals surface area (Å²) in [5.41, 5.74) is 0. The molecule has 152 valence electrons. The van der Waals surface area contributed by atoms with E-state index in [9.17, 15) is 9.18 Å². The topological polar surface area (TPSA) is 63.9 Å². The van der Waals surface area contributed by atoms with Crippen LogP contribution >= 0.6 is 0 Å². The van der Waals surface area contributed by atoms with E-state index < -0.39 is 0 Å². The van der Waals surface area contributed by atoms with Crippen molar-refractivity contribution < 1.29 is 23.1 Å². The fourth-order valence-corrected chi connectivity index (χ4v) is 3.14. The number of hydrogen-bond donors (Lipinski definition) is 1. The molecule has 1 aromatic heterocycles. The summed E-state index contributed by atoms with van der Waals surface area (Å²) in [6.45, 7) is 8.44. The zero-order valence-corrected chi connectivity index (χ0v) is 16.3. The van der Waals surface area contributed by atoms with Crippen LogP contribution < -0.4 is 10.1 Å². The van der Waals surface area contributed by atoms with E-state index in [1.165, 1.54) is 12.1 Å². The van der Waals surface area contributed by atoms with Crippen LogP contribution in [0.3, 0.4) is 0 Å². The molecule has 1 atom stereocenters. The molecule has 0 bridgehead atoms. The number of benzene rings is 1. The first-order valence-electron chi connectivity index (χ1n) is 9.59. The molecule has 2 aromatic rings. The van der Waals surface area contributed by atoms with E-state index in [-0.39, 0.29) is 30.2 Å². The van der Waals surface area contributed by atoms with Crippen molar-refractivity contribution in [3.8, 4) is 5.75 Å². The normalized spacial score (nSPS) is 17.6. The molecule has 0 spiro atoms. The van der Waals surface area contributed by atoms with Gasteiger partial charge in [-0.2, -0.15) is 0 Å². The monoisotopic (exact) mass is 390 g/mol. The van der Waals surface area contributed by atoms with Crippen LogP contribution in [0.25, 0.3) is 0 Å². The molecule has 1 unspecified atom stereocenters. The quantitative estimate of drug-likeness (QED) is 0.751. The fourth-order valence-electron chi connectivity index (χ4n) is 3.14. The maximum atomic E-state index is 12.9. The molecular formula is C21H27FN2O4. The lowest BCUT2D eigenvalue weighted by Crippen LogP contribution is -2.48. The maximum absolute atomic E-state index is 12.9. The summed E-state index contributed by atoms with van der Waals surface area (Å²) in [7, 11) is 0. The average molecular weight is 390 g/mol. The SMILES string of the molecule is CC(C)CN1CCOC(CNC(=O)c2ccc(COc3ccc(F)cc3)o2)C1. The minimum absolute atomic E-state index is 0.0207. The van der Waals surface area contributed by atoms with Crippen molar-refractivity contribution in [1.29, 1.82) is 0 Å². The summed E-state index contributed by atoms with van der Waals surface area (Å²) in [5.74, 6) is 1.28. The Kier molecular flexibility index (Phi) is 7.06. The highest BCUT2D eigenvalue weighted by Crippen LogP contribution is 2.15. The molecule has 3 rings (SSSR count). The molecule has 28 heavy (non-hydrogen) atoms. The number of nitrogens with zero attached hydrogens (tertiary/aromatic N) is 1. The largest absolute Gasteiger partial charge is 0.486 e. The van der Waals surface area contributed by atoms with Gasteiger partial charge in [0, 0.05) is 26.2 Å². The number of carbonyl (C=O) groups is 1. The van der Waals surface area contributed by atoms with Gasteiger partial charge in [0.25, 0.3) is 5.91 Å². The van der Waals surface area contributed by atoms with Crippen LogP contribution in [0.5, 0.6) is 5.75 Å². The van der Waals surface area contributed by atoms with Crippen molar-refractivity contribution in [2.45, 2.75) is 26.6 Å². The predicted molar refractivity (Wildman–Crippen MR) is 103 cm³/mol. The van der Waals surface area contributed by atoms with Crippen molar-refractivity contribution in [3.63, 3.8) is 0 Å². The fraction of sp³-hybridized carbons (Fsp3) is 0.476. The molecule has 1 saturated heterocycles. The number of hydrogen-bond acceptors (Lipinski definition) is 5. The van der Waals surface area contributed by atoms with E-state index in [0.717, 1.165) is 19.6 Å². The Morgan fingerprint density at radius 2 is 2.07 bits per heavy atom. The molecule has 7 heteroatoms. The Morgan fingerprint density at radius 3 is 2.82 bits per heavy atom. The van der Waals surface area contributed by atoms with Crippen LogP contribution in [0.1, 0.15) is 30.2 Å². The van der Waals surface area contributed by atoms with Crippen molar-refractivity contribution in [3.05, 3.63) is 53.7 Å². The van der Waals surface area contributed by atoms with Gasteiger partial charge in [-0.25, -0.2) is 4.39 Å².